The van der Waals surface area contributed by atoms with Gasteiger partial charge in [-0.25, -0.2) is 9.67 Å². The van der Waals surface area contributed by atoms with Gasteiger partial charge in [-0.3, -0.25) is 4.79 Å². The molecule has 27 heavy (non-hydrogen) atoms. The molecule has 2 aromatic heterocycles. The van der Waals surface area contributed by atoms with Crippen molar-refractivity contribution < 1.29 is 4.79 Å². The quantitative estimate of drug-likeness (QED) is 0.580. The molecule has 3 aromatic rings. The maximum atomic E-state index is 13.5. The molecule has 1 aromatic carbocycles. The Bertz CT molecular complexity index is 1050. The van der Waals surface area contributed by atoms with Crippen LogP contribution in [0.15, 0.2) is 28.9 Å². The SMILES string of the molecule is Cc1cc(Br)cc2c1N(C(=O)c1cc3cnn(C(C)C)c3nc1C)CCC2. The number of anilines is 1. The van der Waals surface area contributed by atoms with Crippen LogP contribution < -0.4 is 4.90 Å². The topological polar surface area (TPSA) is 51.0 Å². The van der Waals surface area contributed by atoms with Crippen molar-refractivity contribution in [2.24, 2.45) is 0 Å². The summed E-state index contributed by atoms with van der Waals surface area (Å²) in [6, 6.07) is 6.37. The zero-order chi connectivity index (χ0) is 19.3. The first-order valence-corrected chi connectivity index (χ1v) is 10.1. The van der Waals surface area contributed by atoms with E-state index >= 15 is 0 Å². The van der Waals surface area contributed by atoms with E-state index in [1.165, 1.54) is 5.56 Å². The molecule has 6 heteroatoms. The predicted octanol–water partition coefficient (Wildman–Crippen LogP) is 4.98. The molecule has 4 rings (SSSR count). The normalized spacial score (nSPS) is 14.1. The highest BCUT2D eigenvalue weighted by Gasteiger charge is 2.27. The molecule has 3 heterocycles. The lowest BCUT2D eigenvalue weighted by molar-refractivity contribution is 0.0984. The summed E-state index contributed by atoms with van der Waals surface area (Å²) >= 11 is 3.57. The summed E-state index contributed by atoms with van der Waals surface area (Å²) in [5.41, 5.74) is 5.62. The van der Waals surface area contributed by atoms with E-state index in [9.17, 15) is 4.79 Å². The van der Waals surface area contributed by atoms with Crippen molar-refractivity contribution in [3.8, 4) is 0 Å². The van der Waals surface area contributed by atoms with Crippen LogP contribution in [0.5, 0.6) is 0 Å². The third-order valence-electron chi connectivity index (χ3n) is 5.17. The van der Waals surface area contributed by atoms with Crippen molar-refractivity contribution >= 4 is 38.6 Å². The van der Waals surface area contributed by atoms with Gasteiger partial charge >= 0.3 is 0 Å². The minimum atomic E-state index is 0.0190. The molecule has 0 spiro atoms. The zero-order valence-corrected chi connectivity index (χ0v) is 17.7. The van der Waals surface area contributed by atoms with E-state index in [4.69, 9.17) is 4.98 Å². The maximum Gasteiger partial charge on any atom is 0.260 e. The fourth-order valence-corrected chi connectivity index (χ4v) is 4.55. The monoisotopic (exact) mass is 426 g/mol. The molecule has 0 saturated heterocycles. The van der Waals surface area contributed by atoms with E-state index in [-0.39, 0.29) is 11.9 Å². The Morgan fingerprint density at radius 1 is 1.22 bits per heavy atom. The van der Waals surface area contributed by atoms with Crippen molar-refractivity contribution in [1.82, 2.24) is 14.8 Å². The number of nitrogens with zero attached hydrogens (tertiary/aromatic N) is 4. The molecule has 1 aliphatic heterocycles. The molecule has 1 amide bonds. The lowest BCUT2D eigenvalue weighted by Gasteiger charge is -2.31. The summed E-state index contributed by atoms with van der Waals surface area (Å²) in [6.45, 7) is 8.86. The second kappa shape index (κ2) is 6.75. The van der Waals surface area contributed by atoms with Crippen LogP contribution in [0.1, 0.15) is 53.5 Å². The Morgan fingerprint density at radius 2 is 2.00 bits per heavy atom. The van der Waals surface area contributed by atoms with Crippen LogP contribution in [0.3, 0.4) is 0 Å². The molecule has 0 atom stereocenters. The van der Waals surface area contributed by atoms with Crippen LogP contribution in [-0.2, 0) is 6.42 Å². The summed E-state index contributed by atoms with van der Waals surface area (Å²) in [4.78, 5) is 20.1. The fourth-order valence-electron chi connectivity index (χ4n) is 3.93. The molecule has 5 nitrogen and oxygen atoms in total. The Morgan fingerprint density at radius 3 is 2.74 bits per heavy atom. The molecular formula is C21H23BrN4O. The highest BCUT2D eigenvalue weighted by atomic mass is 79.9. The van der Waals surface area contributed by atoms with Gasteiger partial charge in [0.25, 0.3) is 5.91 Å². The molecular weight excluding hydrogens is 404 g/mol. The molecule has 0 unspecified atom stereocenters. The lowest BCUT2D eigenvalue weighted by Crippen LogP contribution is -2.36. The number of aryl methyl sites for hydroxylation is 3. The first-order chi connectivity index (χ1) is 12.9. The van der Waals surface area contributed by atoms with Gasteiger partial charge in [0, 0.05) is 22.4 Å². The van der Waals surface area contributed by atoms with E-state index in [1.807, 2.05) is 22.6 Å². The van der Waals surface area contributed by atoms with Crippen LogP contribution in [0.25, 0.3) is 11.0 Å². The molecule has 0 saturated carbocycles. The molecule has 0 aliphatic carbocycles. The van der Waals surface area contributed by atoms with Crippen molar-refractivity contribution in [3.05, 3.63) is 51.3 Å². The zero-order valence-electron chi connectivity index (χ0n) is 16.1. The number of benzene rings is 1. The van der Waals surface area contributed by atoms with Gasteiger partial charge in [0.2, 0.25) is 0 Å². The van der Waals surface area contributed by atoms with Crippen LogP contribution in [-0.4, -0.2) is 27.2 Å². The summed E-state index contributed by atoms with van der Waals surface area (Å²) in [6.07, 6.45) is 3.76. The fraction of sp³-hybridized carbons (Fsp3) is 0.381. The summed E-state index contributed by atoms with van der Waals surface area (Å²) in [5, 5.41) is 5.34. The molecule has 0 N–H and O–H groups in total. The molecule has 140 valence electrons. The second-order valence-corrected chi connectivity index (χ2v) is 8.42. The van der Waals surface area contributed by atoms with Crippen molar-refractivity contribution in [2.45, 2.75) is 46.6 Å². The number of pyridine rings is 1. The summed E-state index contributed by atoms with van der Waals surface area (Å²) in [7, 11) is 0. The van der Waals surface area contributed by atoms with E-state index in [2.05, 4.69) is 53.9 Å². The number of carbonyl (C=O) groups is 1. The van der Waals surface area contributed by atoms with Gasteiger partial charge in [-0.15, -0.1) is 0 Å². The van der Waals surface area contributed by atoms with Crippen LogP contribution >= 0.6 is 15.9 Å². The minimum absolute atomic E-state index is 0.0190. The molecule has 0 fully saturated rings. The van der Waals surface area contributed by atoms with Gasteiger partial charge < -0.3 is 4.90 Å². The molecule has 0 radical (unpaired) electrons. The summed E-state index contributed by atoms with van der Waals surface area (Å²) in [5.74, 6) is 0.0190. The maximum absolute atomic E-state index is 13.5. The minimum Gasteiger partial charge on any atom is -0.308 e. The van der Waals surface area contributed by atoms with Gasteiger partial charge in [0.1, 0.15) is 0 Å². The number of carbonyl (C=O) groups excluding carboxylic acids is 1. The van der Waals surface area contributed by atoms with Crippen molar-refractivity contribution in [2.75, 3.05) is 11.4 Å². The van der Waals surface area contributed by atoms with E-state index in [1.54, 1.807) is 6.20 Å². The number of aromatic nitrogens is 3. The van der Waals surface area contributed by atoms with E-state index in [0.717, 1.165) is 51.8 Å². The molecule has 1 aliphatic rings. The first kappa shape index (κ1) is 18.2. The van der Waals surface area contributed by atoms with Gasteiger partial charge in [0.05, 0.1) is 23.1 Å². The van der Waals surface area contributed by atoms with Gasteiger partial charge in [-0.05, 0) is 69.9 Å². The van der Waals surface area contributed by atoms with Gasteiger partial charge in [-0.1, -0.05) is 15.9 Å². The highest BCUT2D eigenvalue weighted by Crippen LogP contribution is 2.35. The van der Waals surface area contributed by atoms with Crippen LogP contribution in [0.4, 0.5) is 5.69 Å². The Kier molecular flexibility index (Phi) is 4.54. The largest absolute Gasteiger partial charge is 0.308 e. The van der Waals surface area contributed by atoms with E-state index in [0.29, 0.717) is 5.56 Å². The van der Waals surface area contributed by atoms with Gasteiger partial charge in [0.15, 0.2) is 5.65 Å². The number of rotatable bonds is 2. The van der Waals surface area contributed by atoms with Gasteiger partial charge in [-0.2, -0.15) is 5.10 Å². The third kappa shape index (κ3) is 3.06. The number of halogens is 1. The number of amides is 1. The van der Waals surface area contributed by atoms with Crippen molar-refractivity contribution in [3.63, 3.8) is 0 Å². The smallest absolute Gasteiger partial charge is 0.260 e. The van der Waals surface area contributed by atoms with Crippen molar-refractivity contribution in [1.29, 1.82) is 0 Å². The predicted molar refractivity (Wildman–Crippen MR) is 112 cm³/mol. The standard InChI is InChI=1S/C21H23BrN4O/c1-12(2)26-20-16(11-23-26)10-18(14(4)24-20)21(27)25-7-5-6-15-9-17(22)8-13(3)19(15)25/h8-12H,5-7H2,1-4H3. The van der Waals surface area contributed by atoms with Crippen LogP contribution in [0.2, 0.25) is 0 Å². The average molecular weight is 427 g/mol. The lowest BCUT2D eigenvalue weighted by atomic mass is 9.97. The summed E-state index contributed by atoms with van der Waals surface area (Å²) < 4.78 is 2.96. The first-order valence-electron chi connectivity index (χ1n) is 9.32. The van der Waals surface area contributed by atoms with Crippen LogP contribution in [0, 0.1) is 13.8 Å². The third-order valence-corrected chi connectivity index (χ3v) is 5.62. The Balaban J connectivity index is 1.80. The highest BCUT2D eigenvalue weighted by molar-refractivity contribution is 9.10. The number of fused-ring (bicyclic) bond motifs is 2. The Labute approximate surface area is 167 Å². The molecule has 0 bridgehead atoms. The average Bonchev–Trinajstić information content (AvgIpc) is 3.02. The number of hydrogen-bond donors (Lipinski definition) is 0. The second-order valence-electron chi connectivity index (χ2n) is 7.51. The van der Waals surface area contributed by atoms with E-state index < -0.39 is 0 Å². The number of hydrogen-bond acceptors (Lipinski definition) is 3. The Hall–Kier alpha value is -2.21.